The first-order valence-corrected chi connectivity index (χ1v) is 10.0. The number of benzene rings is 1. The number of nitrogens with zero attached hydrogens (tertiary/aromatic N) is 2. The van der Waals surface area contributed by atoms with Crippen LogP contribution in [0, 0.1) is 5.92 Å². The largest absolute Gasteiger partial charge is 0.436 e. The monoisotopic (exact) mass is 416 g/mol. The third-order valence-corrected chi connectivity index (χ3v) is 5.20. The van der Waals surface area contributed by atoms with Gasteiger partial charge in [0.15, 0.2) is 6.10 Å². The Morgan fingerprint density at radius 3 is 2.48 bits per heavy atom. The number of aromatic nitrogens is 1. The molecule has 1 aromatic heterocycles. The van der Waals surface area contributed by atoms with Crippen LogP contribution in [-0.4, -0.2) is 42.7 Å². The maximum Gasteiger partial charge on any atom is 0.412 e. The van der Waals surface area contributed by atoms with Crippen molar-refractivity contribution in [2.75, 3.05) is 29.9 Å². The van der Waals surface area contributed by atoms with E-state index in [1.54, 1.807) is 43.6 Å². The molecule has 2 aromatic rings. The number of nitrogens with one attached hydrogen (secondary N) is 2. The number of carbonyl (C=O) groups excluding carboxylic acids is 2. The third kappa shape index (κ3) is 6.35. The van der Waals surface area contributed by atoms with E-state index in [0.29, 0.717) is 23.2 Å². The Kier molecular flexibility index (Phi) is 7.30. The molecule has 7 nitrogen and oxygen atoms in total. The van der Waals surface area contributed by atoms with Crippen molar-refractivity contribution in [3.63, 3.8) is 0 Å². The summed E-state index contributed by atoms with van der Waals surface area (Å²) in [4.78, 5) is 30.6. The summed E-state index contributed by atoms with van der Waals surface area (Å²) in [6.45, 7) is 4.03. The summed E-state index contributed by atoms with van der Waals surface area (Å²) in [6, 6.07) is 10.7. The first kappa shape index (κ1) is 20.9. The molecule has 1 aromatic carbocycles. The van der Waals surface area contributed by atoms with Gasteiger partial charge in [-0.25, -0.2) is 4.79 Å². The highest BCUT2D eigenvalue weighted by Crippen LogP contribution is 2.22. The van der Waals surface area contributed by atoms with Crippen molar-refractivity contribution in [1.82, 2.24) is 10.3 Å². The van der Waals surface area contributed by atoms with Crippen LogP contribution in [0.2, 0.25) is 5.02 Å². The highest BCUT2D eigenvalue weighted by atomic mass is 35.5. The van der Waals surface area contributed by atoms with E-state index in [9.17, 15) is 9.59 Å². The summed E-state index contributed by atoms with van der Waals surface area (Å²) >= 11 is 5.81. The molecule has 0 spiro atoms. The van der Waals surface area contributed by atoms with E-state index in [1.165, 1.54) is 5.69 Å². The number of ether oxygens (including phenoxy) is 1. The smallest absolute Gasteiger partial charge is 0.412 e. The van der Waals surface area contributed by atoms with Crippen molar-refractivity contribution >= 4 is 35.0 Å². The average molecular weight is 417 g/mol. The van der Waals surface area contributed by atoms with Crippen LogP contribution in [0.3, 0.4) is 0 Å². The SMILES string of the molecule is CC(OC(=O)Nc1ccc(Cl)cc1)C(=O)NCC1CCN(c2ccncc2)CC1. The molecule has 0 aliphatic carbocycles. The van der Waals surface area contributed by atoms with Crippen LogP contribution < -0.4 is 15.5 Å². The first-order chi connectivity index (χ1) is 14.0. The van der Waals surface area contributed by atoms with Crippen molar-refractivity contribution < 1.29 is 14.3 Å². The van der Waals surface area contributed by atoms with E-state index >= 15 is 0 Å². The number of pyridine rings is 1. The van der Waals surface area contributed by atoms with E-state index < -0.39 is 12.2 Å². The first-order valence-electron chi connectivity index (χ1n) is 9.67. The van der Waals surface area contributed by atoms with E-state index in [2.05, 4.69) is 20.5 Å². The quantitative estimate of drug-likeness (QED) is 0.750. The van der Waals surface area contributed by atoms with Gasteiger partial charge in [0, 0.05) is 48.4 Å². The second-order valence-corrected chi connectivity index (χ2v) is 7.50. The van der Waals surface area contributed by atoms with Crippen LogP contribution in [0.25, 0.3) is 0 Å². The van der Waals surface area contributed by atoms with Gasteiger partial charge in [0.1, 0.15) is 0 Å². The minimum atomic E-state index is -0.876. The van der Waals surface area contributed by atoms with Crippen LogP contribution in [0.4, 0.5) is 16.2 Å². The van der Waals surface area contributed by atoms with Crippen molar-refractivity contribution in [3.8, 4) is 0 Å². The highest BCUT2D eigenvalue weighted by Gasteiger charge is 2.22. The summed E-state index contributed by atoms with van der Waals surface area (Å²) in [5.74, 6) is 0.111. The standard InChI is InChI=1S/C21H25ClN4O3/c1-15(29-21(28)25-18-4-2-17(22)3-5-18)20(27)24-14-16-8-12-26(13-9-16)19-6-10-23-11-7-19/h2-7,10-11,15-16H,8-9,12-14H2,1H3,(H,24,27)(H,25,28). The van der Waals surface area contributed by atoms with Gasteiger partial charge in [-0.1, -0.05) is 11.6 Å². The maximum atomic E-state index is 12.3. The van der Waals surface area contributed by atoms with Gasteiger partial charge in [0.2, 0.25) is 0 Å². The molecule has 3 rings (SSSR count). The fraction of sp³-hybridized carbons (Fsp3) is 0.381. The molecular formula is C21H25ClN4O3. The van der Waals surface area contributed by atoms with E-state index in [0.717, 1.165) is 25.9 Å². The Morgan fingerprint density at radius 2 is 1.83 bits per heavy atom. The highest BCUT2D eigenvalue weighted by molar-refractivity contribution is 6.30. The van der Waals surface area contributed by atoms with E-state index in [1.807, 2.05) is 12.1 Å². The van der Waals surface area contributed by atoms with E-state index in [4.69, 9.17) is 16.3 Å². The zero-order valence-corrected chi connectivity index (χ0v) is 17.1. The second-order valence-electron chi connectivity index (χ2n) is 7.06. The number of halogens is 1. The van der Waals surface area contributed by atoms with Gasteiger partial charge in [0.25, 0.3) is 5.91 Å². The van der Waals surface area contributed by atoms with Crippen LogP contribution in [0.5, 0.6) is 0 Å². The Balaban J connectivity index is 1.36. The lowest BCUT2D eigenvalue weighted by Crippen LogP contribution is -2.42. The lowest BCUT2D eigenvalue weighted by atomic mass is 9.96. The topological polar surface area (TPSA) is 83.6 Å². The predicted octanol–water partition coefficient (Wildman–Crippen LogP) is 3.70. The molecule has 0 saturated carbocycles. The second kappa shape index (κ2) is 10.1. The summed E-state index contributed by atoms with van der Waals surface area (Å²) in [6.07, 6.45) is 4.03. The van der Waals surface area contributed by atoms with Crippen LogP contribution in [0.15, 0.2) is 48.8 Å². The fourth-order valence-corrected chi connectivity index (χ4v) is 3.36. The molecule has 154 valence electrons. The molecule has 1 atom stereocenters. The minimum Gasteiger partial charge on any atom is -0.436 e. The summed E-state index contributed by atoms with van der Waals surface area (Å²) in [7, 11) is 0. The molecule has 8 heteroatoms. The van der Waals surface area contributed by atoms with Crippen LogP contribution in [-0.2, 0) is 9.53 Å². The summed E-state index contributed by atoms with van der Waals surface area (Å²) < 4.78 is 5.15. The van der Waals surface area contributed by atoms with Gasteiger partial charge in [-0.05, 0) is 62.1 Å². The molecule has 1 saturated heterocycles. The molecule has 1 fully saturated rings. The van der Waals surface area contributed by atoms with Gasteiger partial charge in [0.05, 0.1) is 0 Å². The lowest BCUT2D eigenvalue weighted by Gasteiger charge is -2.33. The predicted molar refractivity (Wildman–Crippen MR) is 113 cm³/mol. The average Bonchev–Trinajstić information content (AvgIpc) is 2.74. The molecule has 0 bridgehead atoms. The van der Waals surface area contributed by atoms with Gasteiger partial charge in [-0.3, -0.25) is 15.1 Å². The Bertz CT molecular complexity index is 808. The number of hydrogen-bond donors (Lipinski definition) is 2. The maximum absolute atomic E-state index is 12.3. The van der Waals surface area contributed by atoms with Gasteiger partial charge < -0.3 is 15.0 Å². The minimum absolute atomic E-state index is 0.298. The molecule has 2 heterocycles. The number of anilines is 2. The number of carbonyl (C=O) groups is 2. The van der Waals surface area contributed by atoms with Crippen molar-refractivity contribution in [2.45, 2.75) is 25.9 Å². The number of piperidine rings is 1. The molecule has 1 aliphatic rings. The number of hydrogen-bond acceptors (Lipinski definition) is 5. The fourth-order valence-electron chi connectivity index (χ4n) is 3.23. The zero-order chi connectivity index (χ0) is 20.6. The molecule has 2 amide bonds. The summed E-state index contributed by atoms with van der Waals surface area (Å²) in [5, 5.41) is 6.04. The Morgan fingerprint density at radius 1 is 1.17 bits per heavy atom. The van der Waals surface area contributed by atoms with Crippen LogP contribution in [0.1, 0.15) is 19.8 Å². The van der Waals surface area contributed by atoms with Crippen LogP contribution >= 0.6 is 11.6 Å². The molecule has 2 N–H and O–H groups in total. The molecule has 29 heavy (non-hydrogen) atoms. The molecule has 0 radical (unpaired) electrons. The van der Waals surface area contributed by atoms with Gasteiger partial charge in [-0.2, -0.15) is 0 Å². The van der Waals surface area contributed by atoms with Gasteiger partial charge in [-0.15, -0.1) is 0 Å². The zero-order valence-electron chi connectivity index (χ0n) is 16.3. The van der Waals surface area contributed by atoms with Crippen molar-refractivity contribution in [1.29, 1.82) is 0 Å². The Labute approximate surface area is 175 Å². The van der Waals surface area contributed by atoms with Crippen molar-refractivity contribution in [3.05, 3.63) is 53.8 Å². The lowest BCUT2D eigenvalue weighted by molar-refractivity contribution is -0.128. The normalized spacial score (nSPS) is 15.4. The molecule has 1 aliphatic heterocycles. The molecule has 1 unspecified atom stereocenters. The Hall–Kier alpha value is -2.80. The summed E-state index contributed by atoms with van der Waals surface area (Å²) in [5.41, 5.74) is 1.73. The molecular weight excluding hydrogens is 392 g/mol. The number of rotatable bonds is 6. The number of amides is 2. The van der Waals surface area contributed by atoms with E-state index in [-0.39, 0.29) is 5.91 Å². The van der Waals surface area contributed by atoms with Gasteiger partial charge >= 0.3 is 6.09 Å². The third-order valence-electron chi connectivity index (χ3n) is 4.95. The van der Waals surface area contributed by atoms with Crippen molar-refractivity contribution in [2.24, 2.45) is 5.92 Å².